The summed E-state index contributed by atoms with van der Waals surface area (Å²) in [6.07, 6.45) is 0. The van der Waals surface area contributed by atoms with Gasteiger partial charge in [0, 0.05) is 35.5 Å². The van der Waals surface area contributed by atoms with Crippen molar-refractivity contribution in [1.82, 2.24) is 4.90 Å². The second-order valence-corrected chi connectivity index (χ2v) is 5.96. The predicted molar refractivity (Wildman–Crippen MR) is 71.2 cm³/mol. The average Bonchev–Trinajstić information content (AvgIpc) is 2.51. The number of nitrogens with zero attached hydrogens (tertiary/aromatic N) is 1. The van der Waals surface area contributed by atoms with Crippen LogP contribution in [0.5, 0.6) is 0 Å². The van der Waals surface area contributed by atoms with E-state index in [1.807, 2.05) is 0 Å². The van der Waals surface area contributed by atoms with E-state index in [1.165, 1.54) is 9.35 Å². The van der Waals surface area contributed by atoms with E-state index >= 15 is 0 Å². The molecule has 0 fully saturated rings. The van der Waals surface area contributed by atoms with Gasteiger partial charge in [-0.15, -0.1) is 11.3 Å². The van der Waals surface area contributed by atoms with Crippen LogP contribution < -0.4 is 5.73 Å². The summed E-state index contributed by atoms with van der Waals surface area (Å²) in [5.41, 5.74) is 5.62. The van der Waals surface area contributed by atoms with Gasteiger partial charge in [0.25, 0.3) is 0 Å². The average molecular weight is 291 g/mol. The van der Waals surface area contributed by atoms with Gasteiger partial charge in [0.05, 0.1) is 0 Å². The van der Waals surface area contributed by atoms with Crippen molar-refractivity contribution in [1.29, 1.82) is 0 Å². The van der Waals surface area contributed by atoms with Crippen molar-refractivity contribution in [3.63, 3.8) is 0 Å². The summed E-state index contributed by atoms with van der Waals surface area (Å²) in [5.74, 6) is 0.690. The van der Waals surface area contributed by atoms with Crippen molar-refractivity contribution in [3.05, 3.63) is 20.8 Å². The molecule has 0 radical (unpaired) electrons. The molecule has 0 atom stereocenters. The Morgan fingerprint density at radius 3 is 2.73 bits per heavy atom. The molecule has 1 aromatic rings. The predicted octanol–water partition coefficient (Wildman–Crippen LogP) is 2.93. The quantitative estimate of drug-likeness (QED) is 0.873. The van der Waals surface area contributed by atoms with E-state index in [-0.39, 0.29) is 0 Å². The third-order valence-corrected chi connectivity index (χ3v) is 4.04. The minimum atomic E-state index is 0.690. The van der Waals surface area contributed by atoms with Crippen LogP contribution in [0.2, 0.25) is 0 Å². The summed E-state index contributed by atoms with van der Waals surface area (Å²) in [6, 6.07) is 2.11. The first-order valence-electron chi connectivity index (χ1n) is 5.27. The van der Waals surface area contributed by atoms with Crippen molar-refractivity contribution in [2.75, 3.05) is 19.6 Å². The van der Waals surface area contributed by atoms with Crippen molar-refractivity contribution in [2.45, 2.75) is 20.4 Å². The molecule has 1 aromatic heterocycles. The minimum absolute atomic E-state index is 0.690. The van der Waals surface area contributed by atoms with Crippen LogP contribution in [0.3, 0.4) is 0 Å². The Hall–Kier alpha value is 0.100. The van der Waals surface area contributed by atoms with Crippen molar-refractivity contribution < 1.29 is 0 Å². The molecule has 86 valence electrons. The Kier molecular flexibility index (Phi) is 5.82. The van der Waals surface area contributed by atoms with E-state index in [0.717, 1.165) is 26.2 Å². The Balaban J connectivity index is 2.54. The topological polar surface area (TPSA) is 29.3 Å². The molecule has 0 saturated carbocycles. The third-order valence-electron chi connectivity index (χ3n) is 2.13. The van der Waals surface area contributed by atoms with E-state index in [0.29, 0.717) is 5.92 Å². The van der Waals surface area contributed by atoms with E-state index in [9.17, 15) is 0 Å². The molecule has 0 aromatic carbocycles. The Morgan fingerprint density at radius 1 is 1.53 bits per heavy atom. The molecule has 0 unspecified atom stereocenters. The van der Waals surface area contributed by atoms with E-state index in [1.54, 1.807) is 11.3 Å². The zero-order valence-corrected chi connectivity index (χ0v) is 11.8. The molecule has 4 heteroatoms. The lowest BCUT2D eigenvalue weighted by Gasteiger charge is -2.23. The van der Waals surface area contributed by atoms with Gasteiger partial charge in [0.15, 0.2) is 0 Å². The number of hydrogen-bond donors (Lipinski definition) is 1. The first kappa shape index (κ1) is 13.2. The summed E-state index contributed by atoms with van der Waals surface area (Å²) in [7, 11) is 0. The summed E-state index contributed by atoms with van der Waals surface area (Å²) in [5, 5.41) is 2.12. The standard InChI is InChI=1S/C11H19BrN2S/c1-9(2)7-14(5-4-13)8-11-10(12)3-6-15-11/h3,6,9H,4-5,7-8,13H2,1-2H3. The first-order chi connectivity index (χ1) is 7.13. The molecule has 1 heterocycles. The van der Waals surface area contributed by atoms with Gasteiger partial charge in [-0.05, 0) is 33.3 Å². The molecule has 2 nitrogen and oxygen atoms in total. The van der Waals surface area contributed by atoms with Gasteiger partial charge < -0.3 is 5.73 Å². The summed E-state index contributed by atoms with van der Waals surface area (Å²) >= 11 is 5.37. The van der Waals surface area contributed by atoms with Crippen LogP contribution in [0.1, 0.15) is 18.7 Å². The van der Waals surface area contributed by atoms with Gasteiger partial charge in [-0.25, -0.2) is 0 Å². The maximum absolute atomic E-state index is 5.62. The highest BCUT2D eigenvalue weighted by Crippen LogP contribution is 2.24. The van der Waals surface area contributed by atoms with Crippen LogP contribution in [0, 0.1) is 5.92 Å². The van der Waals surface area contributed by atoms with Gasteiger partial charge in [0.1, 0.15) is 0 Å². The molecule has 0 aliphatic heterocycles. The van der Waals surface area contributed by atoms with Gasteiger partial charge in [-0.2, -0.15) is 0 Å². The van der Waals surface area contributed by atoms with E-state index in [2.05, 4.69) is 46.1 Å². The highest BCUT2D eigenvalue weighted by atomic mass is 79.9. The lowest BCUT2D eigenvalue weighted by atomic mass is 10.2. The molecule has 0 aliphatic rings. The third kappa shape index (κ3) is 4.64. The van der Waals surface area contributed by atoms with Crippen LogP contribution in [-0.2, 0) is 6.54 Å². The summed E-state index contributed by atoms with van der Waals surface area (Å²) in [4.78, 5) is 3.81. The number of hydrogen-bond acceptors (Lipinski definition) is 3. The molecule has 0 amide bonds. The molecule has 15 heavy (non-hydrogen) atoms. The van der Waals surface area contributed by atoms with Crippen molar-refractivity contribution in [2.24, 2.45) is 11.7 Å². The maximum atomic E-state index is 5.62. The van der Waals surface area contributed by atoms with Crippen LogP contribution in [0.4, 0.5) is 0 Å². The monoisotopic (exact) mass is 290 g/mol. The first-order valence-corrected chi connectivity index (χ1v) is 6.95. The smallest absolute Gasteiger partial charge is 0.0339 e. The molecular weight excluding hydrogens is 272 g/mol. The van der Waals surface area contributed by atoms with Crippen molar-refractivity contribution in [3.8, 4) is 0 Å². The van der Waals surface area contributed by atoms with Gasteiger partial charge in [-0.3, -0.25) is 4.90 Å². The Bertz CT molecular complexity index is 286. The minimum Gasteiger partial charge on any atom is -0.329 e. The molecule has 1 rings (SSSR count). The Labute approximate surface area is 105 Å². The molecule has 0 aliphatic carbocycles. The SMILES string of the molecule is CC(C)CN(CCN)Cc1sccc1Br. The fraction of sp³-hybridized carbons (Fsp3) is 0.636. The molecule has 0 bridgehead atoms. The van der Waals surface area contributed by atoms with Crippen LogP contribution in [0.15, 0.2) is 15.9 Å². The van der Waals surface area contributed by atoms with E-state index in [4.69, 9.17) is 5.73 Å². The lowest BCUT2D eigenvalue weighted by Crippen LogP contribution is -2.32. The largest absolute Gasteiger partial charge is 0.329 e. The normalized spacial score (nSPS) is 11.6. The van der Waals surface area contributed by atoms with Crippen LogP contribution in [-0.4, -0.2) is 24.5 Å². The summed E-state index contributed by atoms with van der Waals surface area (Å²) < 4.78 is 1.22. The van der Waals surface area contributed by atoms with Crippen LogP contribution >= 0.6 is 27.3 Å². The second-order valence-electron chi connectivity index (χ2n) is 4.11. The molecule has 0 saturated heterocycles. The number of thiophene rings is 1. The van der Waals surface area contributed by atoms with Gasteiger partial charge >= 0.3 is 0 Å². The van der Waals surface area contributed by atoms with Gasteiger partial charge in [0.2, 0.25) is 0 Å². The zero-order chi connectivity index (χ0) is 11.3. The number of nitrogens with two attached hydrogens (primary N) is 1. The maximum Gasteiger partial charge on any atom is 0.0339 e. The summed E-state index contributed by atoms with van der Waals surface area (Å²) in [6.45, 7) is 8.31. The fourth-order valence-electron chi connectivity index (χ4n) is 1.57. The van der Waals surface area contributed by atoms with Gasteiger partial charge in [-0.1, -0.05) is 13.8 Å². The molecular formula is C11H19BrN2S. The van der Waals surface area contributed by atoms with Crippen LogP contribution in [0.25, 0.3) is 0 Å². The number of halogens is 1. The molecule has 0 spiro atoms. The van der Waals surface area contributed by atoms with Crippen molar-refractivity contribution >= 4 is 27.3 Å². The highest BCUT2D eigenvalue weighted by molar-refractivity contribution is 9.10. The van der Waals surface area contributed by atoms with E-state index < -0.39 is 0 Å². The fourth-order valence-corrected chi connectivity index (χ4v) is 3.09. The Morgan fingerprint density at radius 2 is 2.27 bits per heavy atom. The second kappa shape index (κ2) is 6.63. The number of rotatable bonds is 6. The highest BCUT2D eigenvalue weighted by Gasteiger charge is 2.10. The molecule has 2 N–H and O–H groups in total. The zero-order valence-electron chi connectivity index (χ0n) is 9.37. The lowest BCUT2D eigenvalue weighted by molar-refractivity contribution is 0.244.